The third kappa shape index (κ3) is 7.86. The number of para-hydroxylation sites is 1. The minimum Gasteiger partial charge on any atom is -0.458 e. The lowest BCUT2D eigenvalue weighted by Crippen LogP contribution is -2.52. The maximum absolute atomic E-state index is 12.9. The van der Waals surface area contributed by atoms with Crippen molar-refractivity contribution in [1.82, 2.24) is 10.0 Å². The minimum atomic E-state index is -4.40. The molecule has 0 bridgehead atoms. The van der Waals surface area contributed by atoms with Gasteiger partial charge in [-0.05, 0) is 64.3 Å². The van der Waals surface area contributed by atoms with Gasteiger partial charge in [-0.2, -0.15) is 4.72 Å². The van der Waals surface area contributed by atoms with Gasteiger partial charge in [-0.25, -0.2) is 13.2 Å². The van der Waals surface area contributed by atoms with E-state index in [0.29, 0.717) is 0 Å². The fourth-order valence-electron chi connectivity index (χ4n) is 3.21. The third-order valence-corrected chi connectivity index (χ3v) is 6.68. The quantitative estimate of drug-likeness (QED) is 0.303. The molecule has 10 nitrogen and oxygen atoms in total. The molecule has 190 valence electrons. The zero-order valence-electron chi connectivity index (χ0n) is 20.6. The largest absolute Gasteiger partial charge is 0.458 e. The van der Waals surface area contributed by atoms with Crippen molar-refractivity contribution in [2.45, 2.75) is 70.5 Å². The molecular formula is C24H31N3O7S. The molecule has 0 saturated carbocycles. The molecule has 2 rings (SSSR count). The van der Waals surface area contributed by atoms with Crippen LogP contribution in [0.25, 0.3) is 0 Å². The molecule has 2 aromatic rings. The van der Waals surface area contributed by atoms with Crippen molar-refractivity contribution in [3.63, 3.8) is 0 Å². The summed E-state index contributed by atoms with van der Waals surface area (Å²) in [5.41, 5.74) is 1.46. The lowest BCUT2D eigenvalue weighted by atomic mass is 10.0. The Morgan fingerprint density at radius 1 is 1.09 bits per heavy atom. The molecule has 0 unspecified atom stereocenters. The van der Waals surface area contributed by atoms with Crippen molar-refractivity contribution in [1.29, 1.82) is 0 Å². The summed E-state index contributed by atoms with van der Waals surface area (Å²) in [5, 5.41) is 13.8. The number of sulfonamides is 1. The van der Waals surface area contributed by atoms with Gasteiger partial charge in [-0.3, -0.25) is 14.9 Å². The lowest BCUT2D eigenvalue weighted by molar-refractivity contribution is -0.387. The van der Waals surface area contributed by atoms with Gasteiger partial charge in [0.05, 0.1) is 11.0 Å². The summed E-state index contributed by atoms with van der Waals surface area (Å²) in [6.07, 6.45) is 0.130. The first-order valence-electron chi connectivity index (χ1n) is 11.0. The SMILES string of the molecule is Cc1ccc(C[C@H](NC(=O)[C@H](C)NS(=O)(=O)c2ccccc2[N+](=O)[O-])C(=O)OC(C)(C)C)cc1C. The van der Waals surface area contributed by atoms with Crippen molar-refractivity contribution >= 4 is 27.6 Å². The Labute approximate surface area is 205 Å². The molecule has 1 amide bonds. The average molecular weight is 506 g/mol. The molecule has 0 aliphatic heterocycles. The molecule has 0 radical (unpaired) electrons. The number of nitrogens with zero attached hydrogens (tertiary/aromatic N) is 1. The van der Waals surface area contributed by atoms with Crippen LogP contribution in [-0.4, -0.2) is 42.9 Å². The molecule has 0 saturated heterocycles. The Bertz CT molecular complexity index is 1220. The van der Waals surface area contributed by atoms with Gasteiger partial charge in [0, 0.05) is 12.5 Å². The molecule has 0 fully saturated rings. The van der Waals surface area contributed by atoms with E-state index < -0.39 is 55.1 Å². The minimum absolute atomic E-state index is 0.130. The van der Waals surface area contributed by atoms with Crippen LogP contribution < -0.4 is 10.0 Å². The number of rotatable bonds is 9. The number of nitro groups is 1. The van der Waals surface area contributed by atoms with E-state index in [0.717, 1.165) is 28.8 Å². The van der Waals surface area contributed by atoms with Crippen molar-refractivity contribution in [3.05, 3.63) is 69.3 Å². The number of aryl methyl sites for hydroxylation is 2. The van der Waals surface area contributed by atoms with Gasteiger partial charge in [-0.15, -0.1) is 0 Å². The Morgan fingerprint density at radius 2 is 1.71 bits per heavy atom. The van der Waals surface area contributed by atoms with E-state index in [2.05, 4.69) is 10.0 Å². The van der Waals surface area contributed by atoms with Crippen LogP contribution in [0.15, 0.2) is 47.4 Å². The summed E-state index contributed by atoms with van der Waals surface area (Å²) in [4.78, 5) is 35.6. The van der Waals surface area contributed by atoms with Crippen molar-refractivity contribution in [3.8, 4) is 0 Å². The van der Waals surface area contributed by atoms with E-state index in [9.17, 15) is 28.1 Å². The monoisotopic (exact) mass is 505 g/mol. The highest BCUT2D eigenvalue weighted by Crippen LogP contribution is 2.23. The number of nitrogens with one attached hydrogen (secondary N) is 2. The molecule has 0 aliphatic carbocycles. The number of benzene rings is 2. The summed E-state index contributed by atoms with van der Waals surface area (Å²) in [7, 11) is -4.40. The van der Waals surface area contributed by atoms with Crippen LogP contribution in [-0.2, 0) is 30.8 Å². The van der Waals surface area contributed by atoms with E-state index in [1.807, 2.05) is 32.0 Å². The van der Waals surface area contributed by atoms with E-state index in [-0.39, 0.29) is 6.42 Å². The van der Waals surface area contributed by atoms with Crippen LogP contribution in [0.5, 0.6) is 0 Å². The Hall–Kier alpha value is -3.31. The van der Waals surface area contributed by atoms with Crippen molar-refractivity contribution in [2.75, 3.05) is 0 Å². The topological polar surface area (TPSA) is 145 Å². The molecule has 11 heteroatoms. The highest BCUT2D eigenvalue weighted by molar-refractivity contribution is 7.89. The molecule has 0 aromatic heterocycles. The highest BCUT2D eigenvalue weighted by Gasteiger charge is 2.32. The van der Waals surface area contributed by atoms with Gasteiger partial charge in [0.2, 0.25) is 15.9 Å². The van der Waals surface area contributed by atoms with Crippen molar-refractivity contribution < 1.29 is 27.7 Å². The molecule has 2 aromatic carbocycles. The molecular weight excluding hydrogens is 474 g/mol. The fourth-order valence-corrected chi connectivity index (χ4v) is 4.59. The maximum atomic E-state index is 12.9. The number of esters is 1. The maximum Gasteiger partial charge on any atom is 0.329 e. The van der Waals surface area contributed by atoms with E-state index in [1.54, 1.807) is 20.8 Å². The van der Waals surface area contributed by atoms with Gasteiger partial charge in [-0.1, -0.05) is 30.3 Å². The zero-order valence-corrected chi connectivity index (χ0v) is 21.4. The van der Waals surface area contributed by atoms with Crippen LogP contribution in [0.3, 0.4) is 0 Å². The highest BCUT2D eigenvalue weighted by atomic mass is 32.2. The number of ether oxygens (including phenoxy) is 1. The Kier molecular flexibility index (Phi) is 8.74. The standard InChI is InChI=1S/C24H31N3O7S/c1-15-11-12-18(13-16(15)2)14-19(23(29)34-24(4,5)6)25-22(28)17(3)26-35(32,33)21-10-8-7-9-20(21)27(30)31/h7-13,17,19,26H,14H2,1-6H3,(H,25,28)/t17-,19-/m0/s1. The smallest absolute Gasteiger partial charge is 0.329 e. The van der Waals surface area contributed by atoms with Gasteiger partial charge in [0.1, 0.15) is 11.6 Å². The average Bonchev–Trinajstić information content (AvgIpc) is 2.74. The second-order valence-corrected chi connectivity index (χ2v) is 11.0. The van der Waals surface area contributed by atoms with Gasteiger partial charge >= 0.3 is 5.97 Å². The second-order valence-electron chi connectivity index (χ2n) is 9.29. The van der Waals surface area contributed by atoms with Crippen LogP contribution in [0.4, 0.5) is 5.69 Å². The molecule has 2 N–H and O–H groups in total. The number of nitro benzene ring substituents is 1. The fraction of sp³-hybridized carbons (Fsp3) is 0.417. The summed E-state index contributed by atoms with van der Waals surface area (Å²) in [6.45, 7) is 10.3. The van der Waals surface area contributed by atoms with E-state index >= 15 is 0 Å². The predicted octanol–water partition coefficient (Wildman–Crippen LogP) is 2.95. The number of carbonyl (C=O) groups is 2. The first kappa shape index (κ1) is 27.9. The predicted molar refractivity (Wildman–Crippen MR) is 130 cm³/mol. The van der Waals surface area contributed by atoms with Gasteiger partial charge in [0.15, 0.2) is 4.90 Å². The number of amides is 1. The van der Waals surface area contributed by atoms with Crippen LogP contribution >= 0.6 is 0 Å². The van der Waals surface area contributed by atoms with Crippen LogP contribution in [0.2, 0.25) is 0 Å². The zero-order chi connectivity index (χ0) is 26.6. The molecule has 0 aliphatic rings. The summed E-state index contributed by atoms with van der Waals surface area (Å²) < 4.78 is 33.1. The molecule has 0 spiro atoms. The normalized spacial score (nSPS) is 13.5. The lowest BCUT2D eigenvalue weighted by Gasteiger charge is -2.26. The first-order valence-corrected chi connectivity index (χ1v) is 12.4. The Balaban J connectivity index is 2.25. The van der Waals surface area contributed by atoms with E-state index in [4.69, 9.17) is 4.74 Å². The number of hydrogen-bond donors (Lipinski definition) is 2. The summed E-state index contributed by atoms with van der Waals surface area (Å²) in [6, 6.07) is 8.05. The molecule has 35 heavy (non-hydrogen) atoms. The molecule has 0 heterocycles. The molecule has 2 atom stereocenters. The van der Waals surface area contributed by atoms with Gasteiger partial charge in [0.25, 0.3) is 5.69 Å². The van der Waals surface area contributed by atoms with Crippen LogP contribution in [0, 0.1) is 24.0 Å². The summed E-state index contributed by atoms with van der Waals surface area (Å²) >= 11 is 0. The Morgan fingerprint density at radius 3 is 2.29 bits per heavy atom. The van der Waals surface area contributed by atoms with Gasteiger partial charge < -0.3 is 10.1 Å². The van der Waals surface area contributed by atoms with E-state index in [1.165, 1.54) is 19.1 Å². The second kappa shape index (κ2) is 11.0. The van der Waals surface area contributed by atoms with Crippen LogP contribution in [0.1, 0.15) is 44.4 Å². The number of carbonyl (C=O) groups excluding carboxylic acids is 2. The summed E-state index contributed by atoms with van der Waals surface area (Å²) in [5.74, 6) is -1.45. The first-order chi connectivity index (χ1) is 16.1. The van der Waals surface area contributed by atoms with Crippen molar-refractivity contribution in [2.24, 2.45) is 0 Å². The number of hydrogen-bond acceptors (Lipinski definition) is 7. The third-order valence-electron chi connectivity index (χ3n) is 5.10.